The van der Waals surface area contributed by atoms with Crippen molar-refractivity contribution in [2.45, 2.75) is 18.9 Å². The van der Waals surface area contributed by atoms with Gasteiger partial charge < -0.3 is 14.9 Å². The molecule has 1 aliphatic rings. The minimum atomic E-state index is -1.66. The van der Waals surface area contributed by atoms with Gasteiger partial charge in [0.15, 0.2) is 6.17 Å². The first-order chi connectivity index (χ1) is 7.63. The molecule has 0 unspecified atom stereocenters. The van der Waals surface area contributed by atoms with Crippen molar-refractivity contribution in [1.29, 1.82) is 0 Å². The highest BCUT2D eigenvalue weighted by molar-refractivity contribution is 5.93. The second-order valence-corrected chi connectivity index (χ2v) is 3.64. The number of hydrogen-bond acceptors (Lipinski definition) is 4. The van der Waals surface area contributed by atoms with Crippen LogP contribution in [0.1, 0.15) is 27.7 Å². The minimum Gasteiger partial charge on any atom is -0.457 e. The SMILES string of the molecule is O=C1OCc2cc([C@@H](F)[C@@H](O)CO)ccc21. The number of esters is 1. The zero-order valence-electron chi connectivity index (χ0n) is 8.39. The molecule has 0 amide bonds. The number of rotatable bonds is 3. The van der Waals surface area contributed by atoms with Crippen molar-refractivity contribution in [3.05, 3.63) is 34.9 Å². The summed E-state index contributed by atoms with van der Waals surface area (Å²) in [5, 5.41) is 17.8. The van der Waals surface area contributed by atoms with Crippen molar-refractivity contribution >= 4 is 5.97 Å². The van der Waals surface area contributed by atoms with E-state index in [9.17, 15) is 9.18 Å². The van der Waals surface area contributed by atoms with Gasteiger partial charge >= 0.3 is 5.97 Å². The Hall–Kier alpha value is -1.46. The van der Waals surface area contributed by atoms with Gasteiger partial charge in [-0.05, 0) is 17.7 Å². The van der Waals surface area contributed by atoms with Crippen LogP contribution in [0.4, 0.5) is 4.39 Å². The van der Waals surface area contributed by atoms with Crippen molar-refractivity contribution in [1.82, 2.24) is 0 Å². The van der Waals surface area contributed by atoms with E-state index in [2.05, 4.69) is 0 Å². The monoisotopic (exact) mass is 226 g/mol. The number of aliphatic hydroxyl groups excluding tert-OH is 2. The third kappa shape index (κ3) is 1.79. The molecule has 0 fully saturated rings. The first-order valence-electron chi connectivity index (χ1n) is 4.86. The van der Waals surface area contributed by atoms with E-state index >= 15 is 0 Å². The Balaban J connectivity index is 2.28. The van der Waals surface area contributed by atoms with Crippen molar-refractivity contribution in [2.24, 2.45) is 0 Å². The maximum atomic E-state index is 13.6. The third-order valence-electron chi connectivity index (χ3n) is 2.55. The molecule has 5 heteroatoms. The molecule has 1 heterocycles. The summed E-state index contributed by atoms with van der Waals surface area (Å²) in [6.45, 7) is -0.516. The van der Waals surface area contributed by atoms with Gasteiger partial charge in [-0.3, -0.25) is 0 Å². The largest absolute Gasteiger partial charge is 0.457 e. The van der Waals surface area contributed by atoms with Crippen molar-refractivity contribution in [2.75, 3.05) is 6.61 Å². The van der Waals surface area contributed by atoms with Crippen LogP contribution in [0, 0.1) is 0 Å². The number of ether oxygens (including phenoxy) is 1. The summed E-state index contributed by atoms with van der Waals surface area (Å²) in [5.41, 5.74) is 1.27. The molecule has 2 rings (SSSR count). The molecule has 2 atom stereocenters. The molecule has 1 aromatic rings. The topological polar surface area (TPSA) is 66.8 Å². The van der Waals surface area contributed by atoms with Crippen molar-refractivity contribution in [3.8, 4) is 0 Å². The van der Waals surface area contributed by atoms with E-state index in [0.717, 1.165) is 0 Å². The summed E-state index contributed by atoms with van der Waals surface area (Å²) < 4.78 is 18.3. The maximum absolute atomic E-state index is 13.6. The molecule has 0 spiro atoms. The molecule has 16 heavy (non-hydrogen) atoms. The van der Waals surface area contributed by atoms with Crippen LogP contribution in [0.25, 0.3) is 0 Å². The predicted molar refractivity (Wildman–Crippen MR) is 52.5 cm³/mol. The normalized spacial score (nSPS) is 17.8. The van der Waals surface area contributed by atoms with E-state index in [1.807, 2.05) is 0 Å². The number of alkyl halides is 1. The molecule has 4 nitrogen and oxygen atoms in total. The summed E-state index contributed by atoms with van der Waals surface area (Å²) >= 11 is 0. The Labute approximate surface area is 91.3 Å². The molecule has 0 radical (unpaired) electrons. The molecular formula is C11H11FO4. The fraction of sp³-hybridized carbons (Fsp3) is 0.364. The van der Waals surface area contributed by atoms with Crippen LogP contribution in [0.5, 0.6) is 0 Å². The Bertz CT molecular complexity index is 418. The lowest BCUT2D eigenvalue weighted by atomic mass is 10.0. The van der Waals surface area contributed by atoms with Crippen LogP contribution in [-0.2, 0) is 11.3 Å². The standard InChI is InChI=1S/C11H11FO4/c12-10(9(14)4-13)6-1-2-8-7(3-6)5-16-11(8)15/h1-3,9-10,13-14H,4-5H2/t9-,10+/m0/s1. The Morgan fingerprint density at radius 2 is 2.25 bits per heavy atom. The highest BCUT2D eigenvalue weighted by atomic mass is 19.1. The van der Waals surface area contributed by atoms with E-state index in [1.165, 1.54) is 18.2 Å². The number of hydrogen-bond donors (Lipinski definition) is 2. The highest BCUT2D eigenvalue weighted by Crippen LogP contribution is 2.27. The van der Waals surface area contributed by atoms with E-state index < -0.39 is 24.9 Å². The van der Waals surface area contributed by atoms with Gasteiger partial charge in [0.1, 0.15) is 12.7 Å². The van der Waals surface area contributed by atoms with Gasteiger partial charge in [-0.2, -0.15) is 0 Å². The van der Waals surface area contributed by atoms with Crippen molar-refractivity contribution in [3.63, 3.8) is 0 Å². The van der Waals surface area contributed by atoms with E-state index in [1.54, 1.807) is 0 Å². The van der Waals surface area contributed by atoms with E-state index in [0.29, 0.717) is 11.1 Å². The Morgan fingerprint density at radius 1 is 1.50 bits per heavy atom. The van der Waals surface area contributed by atoms with Gasteiger partial charge in [0.05, 0.1) is 12.2 Å². The highest BCUT2D eigenvalue weighted by Gasteiger charge is 2.25. The maximum Gasteiger partial charge on any atom is 0.338 e. The first-order valence-corrected chi connectivity index (χ1v) is 4.86. The van der Waals surface area contributed by atoms with Crippen molar-refractivity contribution < 1.29 is 24.1 Å². The summed E-state index contributed by atoms with van der Waals surface area (Å²) in [6.07, 6.45) is -3.11. The van der Waals surface area contributed by atoms with Gasteiger partial charge in [0, 0.05) is 5.56 Å². The molecule has 2 N–H and O–H groups in total. The van der Waals surface area contributed by atoms with E-state index in [4.69, 9.17) is 14.9 Å². The van der Waals surface area contributed by atoms with Crippen LogP contribution >= 0.6 is 0 Å². The number of aliphatic hydroxyl groups is 2. The van der Waals surface area contributed by atoms with Crippen LogP contribution < -0.4 is 0 Å². The minimum absolute atomic E-state index is 0.129. The van der Waals surface area contributed by atoms with Crippen LogP contribution in [-0.4, -0.2) is 28.9 Å². The van der Waals surface area contributed by atoms with Crippen LogP contribution in [0.2, 0.25) is 0 Å². The molecular weight excluding hydrogens is 215 g/mol. The third-order valence-corrected chi connectivity index (χ3v) is 2.55. The number of carbonyl (C=O) groups excluding carboxylic acids is 1. The molecule has 86 valence electrons. The van der Waals surface area contributed by atoms with Gasteiger partial charge in [-0.15, -0.1) is 0 Å². The lowest BCUT2D eigenvalue weighted by molar-refractivity contribution is 0.0278. The predicted octanol–water partition coefficient (Wildman–Crippen LogP) is 0.721. The Morgan fingerprint density at radius 3 is 2.94 bits per heavy atom. The summed E-state index contributed by atoms with van der Waals surface area (Å²) in [6, 6.07) is 4.36. The van der Waals surface area contributed by atoms with Gasteiger partial charge in [-0.1, -0.05) is 6.07 Å². The Kier molecular flexibility index (Phi) is 2.89. The number of fused-ring (bicyclic) bond motifs is 1. The second kappa shape index (κ2) is 4.19. The van der Waals surface area contributed by atoms with Crippen LogP contribution in [0.3, 0.4) is 0 Å². The second-order valence-electron chi connectivity index (χ2n) is 3.64. The quantitative estimate of drug-likeness (QED) is 0.745. The number of cyclic esters (lactones) is 1. The lowest BCUT2D eigenvalue weighted by Gasteiger charge is -2.13. The molecule has 0 aliphatic carbocycles. The molecule has 0 bridgehead atoms. The molecule has 1 aromatic carbocycles. The number of benzene rings is 1. The average molecular weight is 226 g/mol. The first kappa shape index (κ1) is 11.0. The fourth-order valence-corrected chi connectivity index (χ4v) is 1.64. The van der Waals surface area contributed by atoms with Gasteiger partial charge in [0.25, 0.3) is 0 Å². The number of carbonyl (C=O) groups is 1. The molecule has 0 aromatic heterocycles. The lowest BCUT2D eigenvalue weighted by Crippen LogP contribution is -2.19. The smallest absolute Gasteiger partial charge is 0.338 e. The van der Waals surface area contributed by atoms with Crippen LogP contribution in [0.15, 0.2) is 18.2 Å². The fourth-order valence-electron chi connectivity index (χ4n) is 1.64. The molecule has 0 saturated carbocycles. The zero-order chi connectivity index (χ0) is 11.7. The summed E-state index contributed by atoms with van der Waals surface area (Å²) in [4.78, 5) is 11.1. The van der Waals surface area contributed by atoms with Gasteiger partial charge in [0.2, 0.25) is 0 Å². The summed E-state index contributed by atoms with van der Waals surface area (Å²) in [7, 11) is 0. The zero-order valence-corrected chi connectivity index (χ0v) is 8.39. The van der Waals surface area contributed by atoms with Gasteiger partial charge in [-0.25, -0.2) is 9.18 Å². The summed E-state index contributed by atoms with van der Waals surface area (Å²) in [5.74, 6) is -0.417. The molecule has 1 aliphatic heterocycles. The average Bonchev–Trinajstić information content (AvgIpc) is 2.68. The molecule has 0 saturated heterocycles. The van der Waals surface area contributed by atoms with E-state index in [-0.39, 0.29) is 12.2 Å². The number of halogens is 1.